The van der Waals surface area contributed by atoms with E-state index in [9.17, 15) is 14.9 Å². The second-order valence-corrected chi connectivity index (χ2v) is 6.74. The molecule has 2 aromatic rings. The number of carbonyl (C=O) groups excluding carboxylic acids is 2. The van der Waals surface area contributed by atoms with Gasteiger partial charge in [-0.2, -0.15) is 10.4 Å². The molecule has 1 aliphatic rings. The van der Waals surface area contributed by atoms with E-state index in [1.807, 2.05) is 6.07 Å². The number of amides is 1. The first-order chi connectivity index (χ1) is 12.0. The summed E-state index contributed by atoms with van der Waals surface area (Å²) in [6, 6.07) is 8.83. The first-order valence-electron chi connectivity index (χ1n) is 6.89. The summed E-state index contributed by atoms with van der Waals surface area (Å²) in [6.07, 6.45) is 0. The molecule has 1 saturated heterocycles. The molecule has 8 nitrogen and oxygen atoms in total. The Morgan fingerprint density at radius 1 is 1.52 bits per heavy atom. The second kappa shape index (κ2) is 6.70. The van der Waals surface area contributed by atoms with Crippen molar-refractivity contribution in [1.29, 1.82) is 10.7 Å². The van der Waals surface area contributed by atoms with E-state index in [4.69, 9.17) is 10.1 Å². The number of aromatic nitrogens is 2. The van der Waals surface area contributed by atoms with Crippen LogP contribution in [0.1, 0.15) is 16.2 Å². The smallest absolute Gasteiger partial charge is 0.359 e. The number of amidine groups is 1. The van der Waals surface area contributed by atoms with Gasteiger partial charge >= 0.3 is 5.97 Å². The van der Waals surface area contributed by atoms with E-state index in [-0.39, 0.29) is 28.0 Å². The number of nitrogens with one attached hydrogen (secondary N) is 1. The highest BCUT2D eigenvalue weighted by atomic mass is 79.9. The van der Waals surface area contributed by atoms with Crippen LogP contribution in [0, 0.1) is 16.7 Å². The number of ether oxygens (including phenoxy) is 1. The van der Waals surface area contributed by atoms with Crippen LogP contribution in [0.2, 0.25) is 0 Å². The number of halogens is 1. The molecule has 25 heavy (non-hydrogen) atoms. The molecule has 2 heterocycles. The Bertz CT molecular complexity index is 933. The van der Waals surface area contributed by atoms with Crippen LogP contribution in [0.5, 0.6) is 0 Å². The Kier molecular flexibility index (Phi) is 4.61. The Balaban J connectivity index is 2.31. The Hall–Kier alpha value is -2.64. The van der Waals surface area contributed by atoms with E-state index in [0.717, 1.165) is 21.1 Å². The third kappa shape index (κ3) is 2.92. The summed E-state index contributed by atoms with van der Waals surface area (Å²) in [5.74, 6) is -1.10. The molecular weight excluding hydrogens is 410 g/mol. The van der Waals surface area contributed by atoms with Crippen molar-refractivity contribution in [1.82, 2.24) is 9.78 Å². The van der Waals surface area contributed by atoms with Crippen LogP contribution in [0.25, 0.3) is 5.69 Å². The molecule has 1 N–H and O–H groups in total. The molecule has 126 valence electrons. The molecule has 1 aromatic heterocycles. The predicted molar refractivity (Wildman–Crippen MR) is 95.0 cm³/mol. The van der Waals surface area contributed by atoms with Crippen LogP contribution < -0.4 is 4.90 Å². The van der Waals surface area contributed by atoms with Crippen LogP contribution in [0.4, 0.5) is 5.69 Å². The van der Waals surface area contributed by atoms with Crippen molar-refractivity contribution in [3.63, 3.8) is 0 Å². The quantitative estimate of drug-likeness (QED) is 0.763. The molecule has 0 bridgehead atoms. The molecule has 0 unspecified atom stereocenters. The SMILES string of the molecule is COC(=O)c1c(N2C(=N)SCC2=O)c(C#N)nn1-c1cccc(Br)c1. The number of esters is 1. The van der Waals surface area contributed by atoms with Crippen molar-refractivity contribution in [3.8, 4) is 11.8 Å². The van der Waals surface area contributed by atoms with Gasteiger partial charge in [0.15, 0.2) is 16.6 Å². The number of thioether (sulfide) groups is 1. The standard InChI is InChI=1S/C15H10BrN5O3S/c1-24-14(23)13-12(20-11(22)7-25-15(20)18)10(6-17)19-21(13)9-4-2-3-8(16)5-9/h2-5,18H,7H2,1H3. The van der Waals surface area contributed by atoms with Crippen LogP contribution in [0.3, 0.4) is 0 Å². The summed E-state index contributed by atoms with van der Waals surface area (Å²) in [6.45, 7) is 0. The molecular formula is C15H10BrN5O3S. The van der Waals surface area contributed by atoms with Crippen molar-refractivity contribution in [3.05, 3.63) is 40.1 Å². The van der Waals surface area contributed by atoms with Crippen LogP contribution in [0.15, 0.2) is 28.7 Å². The lowest BCUT2D eigenvalue weighted by Gasteiger charge is -2.15. The van der Waals surface area contributed by atoms with Gasteiger partial charge in [-0.05, 0) is 18.2 Å². The number of rotatable bonds is 3. The maximum absolute atomic E-state index is 12.4. The van der Waals surface area contributed by atoms with Crippen molar-refractivity contribution in [2.24, 2.45) is 0 Å². The molecule has 0 aliphatic carbocycles. The van der Waals surface area contributed by atoms with E-state index in [0.29, 0.717) is 5.69 Å². The average Bonchev–Trinajstić information content (AvgIpc) is 3.13. The van der Waals surface area contributed by atoms with Crippen molar-refractivity contribution in [2.45, 2.75) is 0 Å². The van der Waals surface area contributed by atoms with Gasteiger partial charge in [-0.1, -0.05) is 33.8 Å². The zero-order valence-corrected chi connectivity index (χ0v) is 15.2. The van der Waals surface area contributed by atoms with Gasteiger partial charge in [0.25, 0.3) is 0 Å². The van der Waals surface area contributed by atoms with Gasteiger partial charge < -0.3 is 4.74 Å². The van der Waals surface area contributed by atoms with Crippen molar-refractivity contribution in [2.75, 3.05) is 17.8 Å². The second-order valence-electron chi connectivity index (χ2n) is 4.86. The first-order valence-corrected chi connectivity index (χ1v) is 8.67. The van der Waals surface area contributed by atoms with Gasteiger partial charge in [0, 0.05) is 4.47 Å². The molecule has 0 radical (unpaired) electrons. The topological polar surface area (TPSA) is 112 Å². The fourth-order valence-electron chi connectivity index (χ4n) is 2.37. The summed E-state index contributed by atoms with van der Waals surface area (Å²) in [5.41, 5.74) is 0.247. The maximum atomic E-state index is 12.4. The zero-order chi connectivity index (χ0) is 18.1. The third-order valence-electron chi connectivity index (χ3n) is 3.41. The lowest BCUT2D eigenvalue weighted by atomic mass is 10.2. The monoisotopic (exact) mass is 419 g/mol. The lowest BCUT2D eigenvalue weighted by Crippen LogP contribution is -2.31. The first kappa shape index (κ1) is 17.2. The molecule has 1 fully saturated rings. The molecule has 0 saturated carbocycles. The summed E-state index contributed by atoms with van der Waals surface area (Å²) in [7, 11) is 1.20. The molecule has 1 amide bonds. The largest absolute Gasteiger partial charge is 0.464 e. The van der Waals surface area contributed by atoms with E-state index in [1.54, 1.807) is 24.3 Å². The van der Waals surface area contributed by atoms with Gasteiger partial charge in [-0.15, -0.1) is 0 Å². The summed E-state index contributed by atoms with van der Waals surface area (Å²) >= 11 is 4.36. The Morgan fingerprint density at radius 3 is 2.84 bits per heavy atom. The summed E-state index contributed by atoms with van der Waals surface area (Å²) < 4.78 is 6.81. The van der Waals surface area contributed by atoms with Gasteiger partial charge in [0.2, 0.25) is 5.91 Å². The van der Waals surface area contributed by atoms with Gasteiger partial charge in [-0.25, -0.2) is 9.48 Å². The number of anilines is 1. The van der Waals surface area contributed by atoms with E-state index < -0.39 is 11.9 Å². The Labute approximate surface area is 155 Å². The molecule has 0 spiro atoms. The fourth-order valence-corrected chi connectivity index (χ4v) is 3.47. The minimum atomic E-state index is -0.763. The average molecular weight is 420 g/mol. The number of benzene rings is 1. The highest BCUT2D eigenvalue weighted by molar-refractivity contribution is 9.10. The van der Waals surface area contributed by atoms with E-state index >= 15 is 0 Å². The lowest BCUT2D eigenvalue weighted by molar-refractivity contribution is -0.115. The van der Waals surface area contributed by atoms with Crippen LogP contribution in [-0.4, -0.2) is 39.7 Å². The van der Waals surface area contributed by atoms with Crippen molar-refractivity contribution >= 4 is 50.4 Å². The molecule has 1 aromatic carbocycles. The summed E-state index contributed by atoms with van der Waals surface area (Å²) in [4.78, 5) is 25.6. The number of carbonyl (C=O) groups is 2. The fraction of sp³-hybridized carbons (Fsp3) is 0.133. The number of nitrogens with zero attached hydrogens (tertiary/aromatic N) is 4. The number of hydrogen-bond acceptors (Lipinski definition) is 7. The molecule has 1 aliphatic heterocycles. The molecule has 10 heteroatoms. The van der Waals surface area contributed by atoms with Crippen LogP contribution >= 0.6 is 27.7 Å². The van der Waals surface area contributed by atoms with Crippen LogP contribution in [-0.2, 0) is 9.53 Å². The number of methoxy groups -OCH3 is 1. The Morgan fingerprint density at radius 2 is 2.28 bits per heavy atom. The van der Waals surface area contributed by atoms with Gasteiger partial charge in [0.1, 0.15) is 11.8 Å². The maximum Gasteiger partial charge on any atom is 0.359 e. The highest BCUT2D eigenvalue weighted by Crippen LogP contribution is 2.34. The zero-order valence-electron chi connectivity index (χ0n) is 12.8. The van der Waals surface area contributed by atoms with Gasteiger partial charge in [0.05, 0.1) is 18.6 Å². The molecule has 0 atom stereocenters. The van der Waals surface area contributed by atoms with E-state index in [2.05, 4.69) is 21.0 Å². The number of hydrogen-bond donors (Lipinski definition) is 1. The van der Waals surface area contributed by atoms with Gasteiger partial charge in [-0.3, -0.25) is 15.1 Å². The van der Waals surface area contributed by atoms with Crippen molar-refractivity contribution < 1.29 is 14.3 Å². The third-order valence-corrected chi connectivity index (χ3v) is 4.75. The number of nitriles is 1. The highest BCUT2D eigenvalue weighted by Gasteiger charge is 2.37. The normalized spacial score (nSPS) is 13.9. The minimum Gasteiger partial charge on any atom is -0.464 e. The summed E-state index contributed by atoms with van der Waals surface area (Å²) in [5, 5.41) is 21.5. The van der Waals surface area contributed by atoms with E-state index in [1.165, 1.54) is 11.8 Å². The molecule has 3 rings (SSSR count). The predicted octanol–water partition coefficient (Wildman–Crippen LogP) is 2.31. The minimum absolute atomic E-state index is 0.0330.